The highest BCUT2D eigenvalue weighted by molar-refractivity contribution is 9.09. The van der Waals surface area contributed by atoms with Crippen LogP contribution in [0, 0.1) is 24.7 Å². The molecule has 2 bridgehead atoms. The minimum Gasteiger partial charge on any atom is -0.455 e. The fourth-order valence-corrected chi connectivity index (χ4v) is 9.57. The molecule has 0 aliphatic carbocycles. The third-order valence-electron chi connectivity index (χ3n) is 10.4. The van der Waals surface area contributed by atoms with E-state index < -0.39 is 72.2 Å². The van der Waals surface area contributed by atoms with E-state index in [9.17, 15) is 19.5 Å². The molecule has 2 aromatic carbocycles. The molecule has 3 fully saturated rings. The number of carbonyl (C=O) groups excluding carboxylic acids is 4. The highest BCUT2D eigenvalue weighted by Crippen LogP contribution is 2.61. The molecule has 9 atom stereocenters. The number of ether oxygens (including phenoxy) is 2. The normalized spacial score (nSPS) is 26.4. The number of benzene rings is 2. The number of halogens is 2. The Morgan fingerprint density at radius 1 is 1.15 bits per heavy atom. The second kappa shape index (κ2) is 16.7. The van der Waals surface area contributed by atoms with Gasteiger partial charge in [0.15, 0.2) is 0 Å². The number of aliphatic hydroxyl groups excluding tert-OH is 1. The maximum atomic E-state index is 15.1. The lowest BCUT2D eigenvalue weighted by molar-refractivity contribution is -0.162. The molecule has 3 amide bonds. The molecule has 3 saturated heterocycles. The summed E-state index contributed by atoms with van der Waals surface area (Å²) in [6, 6.07) is 11.9. The molecule has 1 spiro atoms. The number of esters is 1. The zero-order valence-electron chi connectivity index (χ0n) is 30.2. The number of likely N-dealkylation sites (tertiary alicyclic amines) is 1. The predicted molar refractivity (Wildman–Crippen MR) is 204 cm³/mol. The summed E-state index contributed by atoms with van der Waals surface area (Å²) < 4.78 is 13.1. The van der Waals surface area contributed by atoms with E-state index in [4.69, 9.17) is 21.1 Å². The quantitative estimate of drug-likeness (QED) is 0.120. The standard InChI is InChI=1S/C40H49BrClN3O7/c1-7-9-18-30(47)43-25(6)34(26-15-11-10-12-16-26)51-39(50)31-32-37(48)45(27(22-46)20-23(3)4)36(40(32)21-28(41)35(31)52-40)38(49)44(19-8-2)33-24(5)14-13-17-29(33)42/h7-8,10-17,23,25,27-28,31-32,34-36,46H,1-2,9,18-22H2,3-6H3,(H,43,47)/t25-,27+,28?,31+,32-,34-,35+,36+,40-/m0/s1. The molecule has 3 aliphatic rings. The SMILES string of the molecule is C=CCCC(=O)N[C@@H](C)[C@H](OC(=O)[C@H]1[C@@H]2O[C@@]3(CC2Br)[C@@H]1C(=O)N([C@@H](CO)CC(C)C)[C@@H]3C(=O)N(CC=C)c1c(C)cccc1Cl)c1ccccc1. The Kier molecular flexibility index (Phi) is 12.7. The van der Waals surface area contributed by atoms with Crippen molar-refractivity contribution < 1.29 is 33.8 Å². The summed E-state index contributed by atoms with van der Waals surface area (Å²) in [5, 5.41) is 14.1. The molecular formula is C40H49BrClN3O7. The first-order chi connectivity index (χ1) is 24.8. The summed E-state index contributed by atoms with van der Waals surface area (Å²) in [7, 11) is 0. The Balaban J connectivity index is 1.57. The number of hydrogen-bond donors (Lipinski definition) is 2. The minimum atomic E-state index is -1.41. The number of alkyl halides is 1. The molecular weight excluding hydrogens is 750 g/mol. The van der Waals surface area contributed by atoms with Gasteiger partial charge in [0.1, 0.15) is 17.7 Å². The smallest absolute Gasteiger partial charge is 0.313 e. The van der Waals surface area contributed by atoms with Crippen LogP contribution in [0.1, 0.15) is 63.7 Å². The Labute approximate surface area is 319 Å². The third kappa shape index (κ3) is 7.47. The van der Waals surface area contributed by atoms with Crippen molar-refractivity contribution in [3.63, 3.8) is 0 Å². The van der Waals surface area contributed by atoms with Crippen LogP contribution in [0.3, 0.4) is 0 Å². The highest BCUT2D eigenvalue weighted by Gasteiger charge is 2.77. The molecule has 2 aromatic rings. The number of nitrogens with one attached hydrogen (secondary N) is 1. The lowest BCUT2D eigenvalue weighted by Crippen LogP contribution is -2.59. The Hall–Kier alpha value is -3.51. The van der Waals surface area contributed by atoms with Gasteiger partial charge in [0, 0.05) is 17.8 Å². The summed E-state index contributed by atoms with van der Waals surface area (Å²) in [6.45, 7) is 14.9. The van der Waals surface area contributed by atoms with Gasteiger partial charge in [-0.15, -0.1) is 13.2 Å². The first kappa shape index (κ1) is 39.7. The lowest BCUT2D eigenvalue weighted by Gasteiger charge is -2.40. The van der Waals surface area contributed by atoms with Crippen LogP contribution in [-0.2, 0) is 28.7 Å². The van der Waals surface area contributed by atoms with E-state index in [1.165, 1.54) is 9.80 Å². The van der Waals surface area contributed by atoms with Crippen molar-refractivity contribution in [2.24, 2.45) is 17.8 Å². The van der Waals surface area contributed by atoms with E-state index in [-0.39, 0.29) is 36.0 Å². The van der Waals surface area contributed by atoms with Gasteiger partial charge in [-0.05, 0) is 56.2 Å². The van der Waals surface area contributed by atoms with Crippen molar-refractivity contribution in [2.45, 2.75) is 94.1 Å². The van der Waals surface area contributed by atoms with E-state index in [0.717, 1.165) is 5.56 Å². The number of fused-ring (bicyclic) bond motifs is 1. The topological polar surface area (TPSA) is 125 Å². The zero-order valence-corrected chi connectivity index (χ0v) is 32.5. The highest BCUT2D eigenvalue weighted by atomic mass is 79.9. The third-order valence-corrected chi connectivity index (χ3v) is 11.6. The number of amides is 3. The van der Waals surface area contributed by atoms with E-state index in [0.29, 0.717) is 29.1 Å². The number of hydrogen-bond acceptors (Lipinski definition) is 7. The van der Waals surface area contributed by atoms with Gasteiger partial charge >= 0.3 is 5.97 Å². The fraction of sp³-hybridized carbons (Fsp3) is 0.500. The largest absolute Gasteiger partial charge is 0.455 e. The minimum absolute atomic E-state index is 0.0745. The van der Waals surface area contributed by atoms with Crippen LogP contribution in [0.5, 0.6) is 0 Å². The maximum absolute atomic E-state index is 15.1. The Bertz CT molecular complexity index is 1650. The number of aliphatic hydroxyl groups is 1. The summed E-state index contributed by atoms with van der Waals surface area (Å²) in [6.07, 6.45) is 3.01. The number of rotatable bonds is 16. The molecule has 10 nitrogen and oxygen atoms in total. The van der Waals surface area contributed by atoms with E-state index in [1.54, 1.807) is 31.2 Å². The lowest BCUT2D eigenvalue weighted by atomic mass is 9.70. The summed E-state index contributed by atoms with van der Waals surface area (Å²) in [5.74, 6) is -3.84. The average Bonchev–Trinajstić information content (AvgIpc) is 3.71. The average molecular weight is 799 g/mol. The van der Waals surface area contributed by atoms with Gasteiger partial charge in [0.05, 0.1) is 47.3 Å². The second-order valence-electron chi connectivity index (χ2n) is 14.5. The summed E-state index contributed by atoms with van der Waals surface area (Å²) >= 11 is 10.5. The first-order valence-corrected chi connectivity index (χ1v) is 19.2. The zero-order chi connectivity index (χ0) is 37.9. The van der Waals surface area contributed by atoms with E-state index in [1.807, 2.05) is 57.2 Å². The monoisotopic (exact) mass is 797 g/mol. The molecule has 0 radical (unpaired) electrons. The van der Waals surface area contributed by atoms with Crippen molar-refractivity contribution >= 4 is 56.9 Å². The first-order valence-electron chi connectivity index (χ1n) is 17.9. The molecule has 2 N–H and O–H groups in total. The second-order valence-corrected chi connectivity index (χ2v) is 16.1. The predicted octanol–water partition coefficient (Wildman–Crippen LogP) is 6.08. The van der Waals surface area contributed by atoms with Crippen molar-refractivity contribution in [3.05, 3.63) is 90.0 Å². The van der Waals surface area contributed by atoms with Crippen LogP contribution in [0.25, 0.3) is 0 Å². The molecule has 3 heterocycles. The van der Waals surface area contributed by atoms with Crippen molar-refractivity contribution in [2.75, 3.05) is 18.1 Å². The van der Waals surface area contributed by atoms with Crippen LogP contribution >= 0.6 is 27.5 Å². The van der Waals surface area contributed by atoms with Crippen LogP contribution in [0.4, 0.5) is 5.69 Å². The summed E-state index contributed by atoms with van der Waals surface area (Å²) in [4.78, 5) is 59.9. The number of anilines is 1. The molecule has 0 saturated carbocycles. The number of carbonyl (C=O) groups is 4. The number of aryl methyl sites for hydroxylation is 1. The van der Waals surface area contributed by atoms with E-state index >= 15 is 4.79 Å². The van der Waals surface area contributed by atoms with Gasteiger partial charge < -0.3 is 29.7 Å². The van der Waals surface area contributed by atoms with Gasteiger partial charge in [-0.3, -0.25) is 19.2 Å². The Morgan fingerprint density at radius 3 is 2.48 bits per heavy atom. The summed E-state index contributed by atoms with van der Waals surface area (Å²) in [5.41, 5.74) is 0.492. The van der Waals surface area contributed by atoms with Crippen LogP contribution in [0.15, 0.2) is 73.8 Å². The number of nitrogens with zero attached hydrogens (tertiary/aromatic N) is 2. The van der Waals surface area contributed by atoms with Crippen LogP contribution in [-0.4, -0.2) is 81.5 Å². The molecule has 280 valence electrons. The molecule has 0 aromatic heterocycles. The van der Waals surface area contributed by atoms with Gasteiger partial charge in [0.2, 0.25) is 11.8 Å². The Morgan fingerprint density at radius 2 is 1.87 bits per heavy atom. The number of para-hydroxylation sites is 1. The molecule has 3 aliphatic heterocycles. The van der Waals surface area contributed by atoms with Gasteiger partial charge in [0.25, 0.3) is 5.91 Å². The molecule has 52 heavy (non-hydrogen) atoms. The fourth-order valence-electron chi connectivity index (χ4n) is 8.30. The molecule has 5 rings (SSSR count). The van der Waals surface area contributed by atoms with Crippen molar-refractivity contribution in [1.82, 2.24) is 10.2 Å². The van der Waals surface area contributed by atoms with Gasteiger partial charge in [-0.2, -0.15) is 0 Å². The van der Waals surface area contributed by atoms with Gasteiger partial charge in [-0.1, -0.05) is 96.0 Å². The molecule has 12 heteroatoms. The van der Waals surface area contributed by atoms with Crippen molar-refractivity contribution in [3.8, 4) is 0 Å². The van der Waals surface area contributed by atoms with Crippen molar-refractivity contribution in [1.29, 1.82) is 0 Å². The van der Waals surface area contributed by atoms with E-state index in [2.05, 4.69) is 34.4 Å². The van der Waals surface area contributed by atoms with Gasteiger partial charge in [-0.25, -0.2) is 0 Å². The number of allylic oxidation sites excluding steroid dienone is 1. The van der Waals surface area contributed by atoms with Crippen LogP contribution < -0.4 is 10.2 Å². The van der Waals surface area contributed by atoms with Crippen LogP contribution in [0.2, 0.25) is 5.02 Å². The molecule has 1 unspecified atom stereocenters. The maximum Gasteiger partial charge on any atom is 0.313 e.